The molecule has 1 aliphatic rings. The first kappa shape index (κ1) is 27.3. The maximum atomic E-state index is 15.1. The fourth-order valence-corrected chi connectivity index (χ4v) is 5.17. The van der Waals surface area contributed by atoms with Gasteiger partial charge in [-0.25, -0.2) is 22.0 Å². The van der Waals surface area contributed by atoms with Crippen molar-refractivity contribution >= 4 is 0 Å². The molecule has 1 aliphatic heterocycles. The van der Waals surface area contributed by atoms with Crippen LogP contribution in [0.25, 0.3) is 22.3 Å². The molecular formula is C31H33F5O. The van der Waals surface area contributed by atoms with Crippen LogP contribution in [0.3, 0.4) is 0 Å². The van der Waals surface area contributed by atoms with Gasteiger partial charge in [0.25, 0.3) is 0 Å². The van der Waals surface area contributed by atoms with E-state index in [0.29, 0.717) is 25.9 Å². The molecule has 0 bridgehead atoms. The zero-order valence-corrected chi connectivity index (χ0v) is 21.4. The fourth-order valence-electron chi connectivity index (χ4n) is 5.17. The number of aryl methyl sites for hydroxylation is 2. The Labute approximate surface area is 215 Å². The van der Waals surface area contributed by atoms with Crippen LogP contribution in [0.15, 0.2) is 42.5 Å². The molecule has 4 rings (SSSR count). The molecule has 0 spiro atoms. The third kappa shape index (κ3) is 6.06. The summed E-state index contributed by atoms with van der Waals surface area (Å²) < 4.78 is 80.5. The van der Waals surface area contributed by atoms with E-state index in [9.17, 15) is 8.78 Å². The second-order valence-corrected chi connectivity index (χ2v) is 9.98. The monoisotopic (exact) mass is 516 g/mol. The highest BCUT2D eigenvalue weighted by atomic mass is 19.2. The largest absolute Gasteiger partial charge is 0.378 e. The average molecular weight is 517 g/mol. The molecule has 1 nitrogen and oxygen atoms in total. The standard InChI is InChI=1S/C31H33F5O/c1-3-5-19-9-13-23(27(32)17-19)24-15-16-26(31(36)30(24)35)25-14-11-21(28(33)29(25)34)10-7-20-8-12-22(6-4-2)37-18-20/h9,11,13-17,20,22H,3-8,10,12,18H2,1-2H3. The summed E-state index contributed by atoms with van der Waals surface area (Å²) >= 11 is 0. The second-order valence-electron chi connectivity index (χ2n) is 9.98. The van der Waals surface area contributed by atoms with Crippen LogP contribution >= 0.6 is 0 Å². The van der Waals surface area contributed by atoms with Crippen LogP contribution < -0.4 is 0 Å². The Morgan fingerprint density at radius 1 is 0.676 bits per heavy atom. The maximum Gasteiger partial charge on any atom is 0.167 e. The number of hydrogen-bond acceptors (Lipinski definition) is 1. The molecule has 0 aliphatic carbocycles. The van der Waals surface area contributed by atoms with Crippen molar-refractivity contribution in [2.24, 2.45) is 5.92 Å². The number of halogens is 5. The molecule has 0 N–H and O–H groups in total. The van der Waals surface area contributed by atoms with E-state index in [0.717, 1.165) is 43.7 Å². The molecule has 2 atom stereocenters. The molecule has 0 aromatic heterocycles. The van der Waals surface area contributed by atoms with Gasteiger partial charge in [-0.05, 0) is 61.6 Å². The topological polar surface area (TPSA) is 9.23 Å². The van der Waals surface area contributed by atoms with Crippen molar-refractivity contribution in [3.05, 3.63) is 82.7 Å². The Hall–Kier alpha value is -2.73. The fraction of sp³-hybridized carbons (Fsp3) is 0.419. The molecule has 3 aromatic rings. The zero-order valence-electron chi connectivity index (χ0n) is 21.4. The summed E-state index contributed by atoms with van der Waals surface area (Å²) in [4.78, 5) is 0. The zero-order chi connectivity index (χ0) is 26.5. The van der Waals surface area contributed by atoms with E-state index in [2.05, 4.69) is 6.92 Å². The lowest BCUT2D eigenvalue weighted by Gasteiger charge is -2.29. The first-order chi connectivity index (χ1) is 17.8. The average Bonchev–Trinajstić information content (AvgIpc) is 2.89. The van der Waals surface area contributed by atoms with Gasteiger partial charge in [0.2, 0.25) is 0 Å². The van der Waals surface area contributed by atoms with E-state index >= 15 is 13.2 Å². The summed E-state index contributed by atoms with van der Waals surface area (Å²) in [5.41, 5.74) is -0.173. The van der Waals surface area contributed by atoms with Crippen molar-refractivity contribution in [3.8, 4) is 22.3 Å². The van der Waals surface area contributed by atoms with Crippen LogP contribution in [0, 0.1) is 35.0 Å². The highest BCUT2D eigenvalue weighted by Crippen LogP contribution is 2.35. The predicted octanol–water partition coefficient (Wildman–Crippen LogP) is 9.20. The smallest absolute Gasteiger partial charge is 0.167 e. The van der Waals surface area contributed by atoms with Crippen molar-refractivity contribution in [2.45, 2.75) is 71.3 Å². The molecule has 6 heteroatoms. The van der Waals surface area contributed by atoms with Crippen LogP contribution in [0.1, 0.15) is 63.5 Å². The lowest BCUT2D eigenvalue weighted by molar-refractivity contribution is -0.0218. The first-order valence-corrected chi connectivity index (χ1v) is 13.2. The molecule has 0 radical (unpaired) electrons. The Bertz CT molecular complexity index is 1230. The van der Waals surface area contributed by atoms with Gasteiger partial charge in [0.15, 0.2) is 23.3 Å². The highest BCUT2D eigenvalue weighted by molar-refractivity contribution is 5.72. The number of ether oxygens (including phenoxy) is 1. The van der Waals surface area contributed by atoms with Crippen molar-refractivity contribution in [2.75, 3.05) is 6.61 Å². The molecule has 0 amide bonds. The van der Waals surface area contributed by atoms with Gasteiger partial charge >= 0.3 is 0 Å². The predicted molar refractivity (Wildman–Crippen MR) is 137 cm³/mol. The van der Waals surface area contributed by atoms with Crippen molar-refractivity contribution < 1.29 is 26.7 Å². The normalized spacial score (nSPS) is 17.8. The minimum atomic E-state index is -1.35. The van der Waals surface area contributed by atoms with Crippen LogP contribution in [0.2, 0.25) is 0 Å². The van der Waals surface area contributed by atoms with Crippen molar-refractivity contribution in [1.82, 2.24) is 0 Å². The van der Waals surface area contributed by atoms with Crippen molar-refractivity contribution in [3.63, 3.8) is 0 Å². The third-order valence-corrected chi connectivity index (χ3v) is 7.29. The Morgan fingerprint density at radius 3 is 1.89 bits per heavy atom. The van der Waals surface area contributed by atoms with Gasteiger partial charge in [0.05, 0.1) is 6.10 Å². The minimum absolute atomic E-state index is 0.0856. The SMILES string of the molecule is CCCc1ccc(-c2ccc(-c3ccc(CCC4CCC(CCC)OC4)c(F)c3F)c(F)c2F)c(F)c1. The van der Waals surface area contributed by atoms with Crippen LogP contribution in [-0.2, 0) is 17.6 Å². The summed E-state index contributed by atoms with van der Waals surface area (Å²) in [6.45, 7) is 4.70. The molecule has 1 saturated heterocycles. The molecule has 1 heterocycles. The van der Waals surface area contributed by atoms with Crippen molar-refractivity contribution in [1.29, 1.82) is 0 Å². The van der Waals surface area contributed by atoms with E-state index in [1.54, 1.807) is 6.07 Å². The summed E-state index contributed by atoms with van der Waals surface area (Å²) in [5, 5.41) is 0. The lowest BCUT2D eigenvalue weighted by Crippen LogP contribution is -2.26. The van der Waals surface area contributed by atoms with E-state index in [4.69, 9.17) is 4.74 Å². The summed E-state index contributed by atoms with van der Waals surface area (Å²) in [5.74, 6) is -5.31. The molecule has 2 unspecified atom stereocenters. The lowest BCUT2D eigenvalue weighted by atomic mass is 9.90. The maximum absolute atomic E-state index is 15.1. The number of benzene rings is 3. The highest BCUT2D eigenvalue weighted by Gasteiger charge is 2.24. The van der Waals surface area contributed by atoms with E-state index < -0.39 is 34.6 Å². The number of rotatable bonds is 9. The van der Waals surface area contributed by atoms with Gasteiger partial charge < -0.3 is 4.74 Å². The Kier molecular flexibility index (Phi) is 9.01. The van der Waals surface area contributed by atoms with Crippen LogP contribution in [0.4, 0.5) is 22.0 Å². The molecule has 3 aromatic carbocycles. The summed E-state index contributed by atoms with van der Waals surface area (Å²) in [6, 6.07) is 9.45. The van der Waals surface area contributed by atoms with Crippen LogP contribution in [0.5, 0.6) is 0 Å². The third-order valence-electron chi connectivity index (χ3n) is 7.29. The Balaban J connectivity index is 1.52. The van der Waals surface area contributed by atoms with Crippen LogP contribution in [-0.4, -0.2) is 12.7 Å². The summed E-state index contributed by atoms with van der Waals surface area (Å²) in [7, 11) is 0. The van der Waals surface area contributed by atoms with Gasteiger partial charge in [0.1, 0.15) is 5.82 Å². The van der Waals surface area contributed by atoms with Gasteiger partial charge in [0, 0.05) is 28.9 Å². The van der Waals surface area contributed by atoms with E-state index in [-0.39, 0.29) is 34.3 Å². The van der Waals surface area contributed by atoms with Gasteiger partial charge in [-0.3, -0.25) is 0 Å². The minimum Gasteiger partial charge on any atom is -0.378 e. The van der Waals surface area contributed by atoms with E-state index in [1.807, 2.05) is 6.92 Å². The summed E-state index contributed by atoms with van der Waals surface area (Å²) in [6.07, 6.45) is 6.84. The van der Waals surface area contributed by atoms with Gasteiger partial charge in [-0.1, -0.05) is 63.1 Å². The molecule has 1 fully saturated rings. The molecule has 37 heavy (non-hydrogen) atoms. The van der Waals surface area contributed by atoms with Gasteiger partial charge in [-0.2, -0.15) is 0 Å². The number of hydrogen-bond donors (Lipinski definition) is 0. The second kappa shape index (κ2) is 12.2. The van der Waals surface area contributed by atoms with E-state index in [1.165, 1.54) is 30.3 Å². The first-order valence-electron chi connectivity index (χ1n) is 13.2. The Morgan fingerprint density at radius 2 is 1.30 bits per heavy atom. The molecular weight excluding hydrogens is 483 g/mol. The molecule has 0 saturated carbocycles. The van der Waals surface area contributed by atoms with Gasteiger partial charge in [-0.15, -0.1) is 0 Å². The quantitative estimate of drug-likeness (QED) is 0.258. The molecule has 198 valence electrons.